The molecule has 0 N–H and O–H groups in total. The van der Waals surface area contributed by atoms with Crippen molar-refractivity contribution in [1.29, 1.82) is 0 Å². The minimum atomic E-state index is -4.89. The molecule has 0 aromatic carbocycles. The largest absolute Gasteiger partial charge is 0.490 e. The quantitative estimate of drug-likeness (QED) is 0.503. The van der Waals surface area contributed by atoms with Crippen LogP contribution < -0.4 is 0 Å². The topological polar surface area (TPSA) is 26.3 Å². The zero-order valence-electron chi connectivity index (χ0n) is 8.22. The summed E-state index contributed by atoms with van der Waals surface area (Å²) in [5.74, 6) is -2.10. The van der Waals surface area contributed by atoms with E-state index in [2.05, 4.69) is 4.74 Å². The molecule has 0 bridgehead atoms. The fourth-order valence-electron chi connectivity index (χ4n) is 1.43. The first kappa shape index (κ1) is 12.1. The summed E-state index contributed by atoms with van der Waals surface area (Å²) >= 11 is 0. The third-order valence-electron chi connectivity index (χ3n) is 2.20. The number of halogens is 3. The van der Waals surface area contributed by atoms with Crippen molar-refractivity contribution in [3.05, 3.63) is 12.2 Å². The van der Waals surface area contributed by atoms with E-state index in [9.17, 15) is 18.0 Å². The Kier molecular flexibility index (Phi) is 4.17. The average molecular weight is 222 g/mol. The van der Waals surface area contributed by atoms with Crippen LogP contribution in [0.5, 0.6) is 0 Å². The molecule has 0 fully saturated rings. The Morgan fingerprint density at radius 3 is 2.67 bits per heavy atom. The number of hydrogen-bond donors (Lipinski definition) is 0. The van der Waals surface area contributed by atoms with Crippen molar-refractivity contribution in [3.63, 3.8) is 0 Å². The zero-order chi connectivity index (χ0) is 11.3. The minimum Gasteiger partial charge on any atom is -0.451 e. The number of rotatable bonds is 1. The molecular weight excluding hydrogens is 209 g/mol. The lowest BCUT2D eigenvalue weighted by molar-refractivity contribution is -0.203. The molecule has 0 amide bonds. The number of ether oxygens (including phenoxy) is 1. The van der Waals surface area contributed by atoms with E-state index in [1.54, 1.807) is 12.2 Å². The summed E-state index contributed by atoms with van der Waals surface area (Å²) in [7, 11) is 0. The second-order valence-electron chi connectivity index (χ2n) is 3.51. The zero-order valence-corrected chi connectivity index (χ0v) is 8.22. The second-order valence-corrected chi connectivity index (χ2v) is 3.51. The number of carbonyl (C=O) groups excluding carboxylic acids is 1. The van der Waals surface area contributed by atoms with Gasteiger partial charge in [0.1, 0.15) is 6.10 Å². The maximum atomic E-state index is 11.9. The number of hydrogen-bond acceptors (Lipinski definition) is 2. The highest BCUT2D eigenvalue weighted by atomic mass is 19.4. The normalized spacial score (nSPS) is 25.1. The van der Waals surface area contributed by atoms with Gasteiger partial charge in [-0.25, -0.2) is 4.79 Å². The molecule has 0 saturated heterocycles. The molecule has 1 aliphatic rings. The van der Waals surface area contributed by atoms with E-state index in [0.29, 0.717) is 6.42 Å². The molecule has 0 heterocycles. The van der Waals surface area contributed by atoms with Crippen LogP contribution in [0.4, 0.5) is 13.2 Å². The average Bonchev–Trinajstić information content (AvgIpc) is 2.07. The molecule has 0 radical (unpaired) electrons. The highest BCUT2D eigenvalue weighted by molar-refractivity contribution is 5.75. The van der Waals surface area contributed by atoms with Crippen LogP contribution in [0.2, 0.25) is 0 Å². The first-order chi connectivity index (χ1) is 7.00. The van der Waals surface area contributed by atoms with Gasteiger partial charge in [-0.3, -0.25) is 0 Å². The Balaban J connectivity index is 2.48. The van der Waals surface area contributed by atoms with Gasteiger partial charge in [0.05, 0.1) is 0 Å². The molecule has 86 valence electrons. The van der Waals surface area contributed by atoms with Crippen molar-refractivity contribution in [2.24, 2.45) is 0 Å². The van der Waals surface area contributed by atoms with E-state index in [0.717, 1.165) is 25.7 Å². The molecule has 0 aromatic rings. The molecule has 15 heavy (non-hydrogen) atoms. The fourth-order valence-corrected chi connectivity index (χ4v) is 1.43. The van der Waals surface area contributed by atoms with Crippen LogP contribution in [0.3, 0.4) is 0 Å². The van der Waals surface area contributed by atoms with Gasteiger partial charge < -0.3 is 4.74 Å². The van der Waals surface area contributed by atoms with Gasteiger partial charge in [-0.15, -0.1) is 0 Å². The Hall–Kier alpha value is -1.00. The first-order valence-corrected chi connectivity index (χ1v) is 4.94. The van der Waals surface area contributed by atoms with Gasteiger partial charge in [-0.1, -0.05) is 12.5 Å². The Labute approximate surface area is 86.1 Å². The lowest BCUT2D eigenvalue weighted by atomic mass is 10.0. The summed E-state index contributed by atoms with van der Waals surface area (Å²) in [5.41, 5.74) is 0. The van der Waals surface area contributed by atoms with E-state index >= 15 is 0 Å². The van der Waals surface area contributed by atoms with Gasteiger partial charge in [-0.2, -0.15) is 13.2 Å². The van der Waals surface area contributed by atoms with E-state index in [1.807, 2.05) is 0 Å². The second kappa shape index (κ2) is 5.19. The van der Waals surface area contributed by atoms with Gasteiger partial charge in [0.15, 0.2) is 0 Å². The highest BCUT2D eigenvalue weighted by Gasteiger charge is 2.41. The van der Waals surface area contributed by atoms with Crippen LogP contribution >= 0.6 is 0 Å². The number of allylic oxidation sites excluding steroid dienone is 1. The molecule has 0 saturated carbocycles. The maximum Gasteiger partial charge on any atom is 0.490 e. The molecule has 1 atom stereocenters. The predicted octanol–water partition coefficient (Wildman–Crippen LogP) is 2.98. The van der Waals surface area contributed by atoms with Crippen LogP contribution in [0.15, 0.2) is 12.2 Å². The summed E-state index contributed by atoms with van der Waals surface area (Å²) in [6.45, 7) is 0. The standard InChI is InChI=1S/C10H13F3O2/c11-10(12,13)9(14)15-8-6-4-2-1-3-5-7-8/h4,6,8H,1-3,5,7H2/b6-4-. The van der Waals surface area contributed by atoms with E-state index in [-0.39, 0.29) is 0 Å². The molecule has 0 spiro atoms. The predicted molar refractivity (Wildman–Crippen MR) is 48.2 cm³/mol. The van der Waals surface area contributed by atoms with Gasteiger partial charge in [0.25, 0.3) is 0 Å². The highest BCUT2D eigenvalue weighted by Crippen LogP contribution is 2.20. The molecule has 0 aliphatic heterocycles. The number of alkyl halides is 3. The third-order valence-corrected chi connectivity index (χ3v) is 2.20. The van der Waals surface area contributed by atoms with Gasteiger partial charge >= 0.3 is 12.1 Å². The third kappa shape index (κ3) is 4.36. The number of esters is 1. The lowest BCUT2D eigenvalue weighted by Crippen LogP contribution is -2.29. The smallest absolute Gasteiger partial charge is 0.451 e. The van der Waals surface area contributed by atoms with Crippen molar-refractivity contribution < 1.29 is 22.7 Å². The van der Waals surface area contributed by atoms with Crippen molar-refractivity contribution >= 4 is 5.97 Å². The maximum absolute atomic E-state index is 11.9. The minimum absolute atomic E-state index is 0.471. The van der Waals surface area contributed by atoms with Crippen LogP contribution in [0.1, 0.15) is 32.1 Å². The van der Waals surface area contributed by atoms with Crippen molar-refractivity contribution in [2.45, 2.75) is 44.4 Å². The van der Waals surface area contributed by atoms with Crippen LogP contribution in [0, 0.1) is 0 Å². The molecule has 1 rings (SSSR count). The van der Waals surface area contributed by atoms with Gasteiger partial charge in [-0.05, 0) is 31.8 Å². The Morgan fingerprint density at radius 1 is 1.27 bits per heavy atom. The number of carbonyl (C=O) groups is 1. The fraction of sp³-hybridized carbons (Fsp3) is 0.700. The summed E-state index contributed by atoms with van der Waals surface area (Å²) in [4.78, 5) is 10.5. The Bertz CT molecular complexity index is 246. The molecule has 5 heteroatoms. The van der Waals surface area contributed by atoms with Crippen molar-refractivity contribution in [3.8, 4) is 0 Å². The van der Waals surface area contributed by atoms with Crippen molar-refractivity contribution in [2.75, 3.05) is 0 Å². The summed E-state index contributed by atoms with van der Waals surface area (Å²) in [5, 5.41) is 0. The molecular formula is C10H13F3O2. The van der Waals surface area contributed by atoms with Crippen LogP contribution in [0.25, 0.3) is 0 Å². The van der Waals surface area contributed by atoms with Crippen LogP contribution in [-0.4, -0.2) is 18.2 Å². The van der Waals surface area contributed by atoms with E-state index in [1.165, 1.54) is 0 Å². The lowest BCUT2D eigenvalue weighted by Gasteiger charge is -2.16. The molecule has 0 aromatic heterocycles. The summed E-state index contributed by atoms with van der Waals surface area (Å²) in [6.07, 6.45) is 1.80. The van der Waals surface area contributed by atoms with Crippen molar-refractivity contribution in [1.82, 2.24) is 0 Å². The van der Waals surface area contributed by atoms with Crippen LogP contribution in [-0.2, 0) is 9.53 Å². The molecule has 2 nitrogen and oxygen atoms in total. The van der Waals surface area contributed by atoms with Gasteiger partial charge in [0, 0.05) is 0 Å². The monoisotopic (exact) mass is 222 g/mol. The Morgan fingerprint density at radius 2 is 2.00 bits per heavy atom. The van der Waals surface area contributed by atoms with E-state index < -0.39 is 18.2 Å². The first-order valence-electron chi connectivity index (χ1n) is 4.94. The van der Waals surface area contributed by atoms with Gasteiger partial charge in [0.2, 0.25) is 0 Å². The SMILES string of the molecule is O=C(OC1/C=C\CCCCC1)C(F)(F)F. The molecule has 1 unspecified atom stereocenters. The summed E-state index contributed by atoms with van der Waals surface area (Å²) in [6, 6.07) is 0. The molecule has 1 aliphatic carbocycles. The van der Waals surface area contributed by atoms with E-state index in [4.69, 9.17) is 0 Å². The summed E-state index contributed by atoms with van der Waals surface area (Å²) < 4.78 is 40.0.